The Labute approximate surface area is 182 Å². The Hall–Kier alpha value is -2.91. The SMILES string of the molecule is C[C@H](NC(=O)Cn1nc2c(N3CCC34CNC4)cccn2c1=O)c1ccc(Cl)c(F)c1. The first-order valence-electron chi connectivity index (χ1n) is 10.2. The second kappa shape index (κ2) is 7.35. The van der Waals surface area contributed by atoms with Crippen LogP contribution in [0.25, 0.3) is 5.65 Å². The molecule has 10 heteroatoms. The molecule has 31 heavy (non-hydrogen) atoms. The Morgan fingerprint density at radius 2 is 2.19 bits per heavy atom. The molecule has 0 aliphatic carbocycles. The van der Waals surface area contributed by atoms with Gasteiger partial charge in [-0.1, -0.05) is 17.7 Å². The van der Waals surface area contributed by atoms with Crippen LogP contribution in [0, 0.1) is 5.82 Å². The predicted octanol–water partition coefficient (Wildman–Crippen LogP) is 1.72. The van der Waals surface area contributed by atoms with E-state index in [0.717, 1.165) is 36.4 Å². The molecular formula is C21H22ClFN6O2. The van der Waals surface area contributed by atoms with Crippen molar-refractivity contribution in [2.45, 2.75) is 31.5 Å². The first kappa shape index (κ1) is 20.0. The van der Waals surface area contributed by atoms with E-state index in [1.165, 1.54) is 16.5 Å². The maximum Gasteiger partial charge on any atom is 0.350 e. The van der Waals surface area contributed by atoms with E-state index < -0.39 is 17.8 Å². The van der Waals surface area contributed by atoms with Crippen molar-refractivity contribution in [3.8, 4) is 0 Å². The van der Waals surface area contributed by atoms with Gasteiger partial charge in [0.25, 0.3) is 0 Å². The Morgan fingerprint density at radius 3 is 2.84 bits per heavy atom. The maximum atomic E-state index is 13.7. The summed E-state index contributed by atoms with van der Waals surface area (Å²) in [7, 11) is 0. The quantitative estimate of drug-likeness (QED) is 0.626. The lowest BCUT2D eigenvalue weighted by Crippen LogP contribution is -2.76. The third-order valence-corrected chi connectivity index (χ3v) is 6.58. The second-order valence-corrected chi connectivity index (χ2v) is 8.63. The van der Waals surface area contributed by atoms with E-state index in [4.69, 9.17) is 11.6 Å². The van der Waals surface area contributed by atoms with Crippen LogP contribution in [-0.2, 0) is 11.3 Å². The molecule has 3 aromatic rings. The third kappa shape index (κ3) is 3.28. The molecule has 2 aliphatic heterocycles. The lowest BCUT2D eigenvalue weighted by molar-refractivity contribution is -0.122. The normalized spacial score (nSPS) is 18.0. The molecule has 1 atom stereocenters. The molecule has 0 saturated carbocycles. The van der Waals surface area contributed by atoms with Crippen LogP contribution in [0.15, 0.2) is 41.3 Å². The second-order valence-electron chi connectivity index (χ2n) is 8.22. The molecule has 5 rings (SSSR count). The van der Waals surface area contributed by atoms with Crippen molar-refractivity contribution in [1.29, 1.82) is 0 Å². The predicted molar refractivity (Wildman–Crippen MR) is 115 cm³/mol. The summed E-state index contributed by atoms with van der Waals surface area (Å²) in [5, 5.41) is 10.6. The summed E-state index contributed by atoms with van der Waals surface area (Å²) >= 11 is 5.72. The number of carbonyl (C=O) groups excluding carboxylic acids is 1. The van der Waals surface area contributed by atoms with Crippen molar-refractivity contribution in [1.82, 2.24) is 24.8 Å². The van der Waals surface area contributed by atoms with Gasteiger partial charge in [-0.05, 0) is 43.2 Å². The van der Waals surface area contributed by atoms with Crippen LogP contribution in [0.1, 0.15) is 24.9 Å². The lowest BCUT2D eigenvalue weighted by atomic mass is 9.79. The van der Waals surface area contributed by atoms with E-state index in [1.807, 2.05) is 12.1 Å². The molecule has 2 aliphatic rings. The Morgan fingerprint density at radius 1 is 1.39 bits per heavy atom. The van der Waals surface area contributed by atoms with Crippen LogP contribution in [0.2, 0.25) is 5.02 Å². The molecule has 0 unspecified atom stereocenters. The van der Waals surface area contributed by atoms with Gasteiger partial charge in [0.1, 0.15) is 12.4 Å². The highest BCUT2D eigenvalue weighted by Crippen LogP contribution is 2.39. The molecule has 0 bridgehead atoms. The number of anilines is 1. The molecule has 2 fully saturated rings. The van der Waals surface area contributed by atoms with Gasteiger partial charge in [-0.25, -0.2) is 18.3 Å². The van der Waals surface area contributed by atoms with Crippen molar-refractivity contribution in [2.24, 2.45) is 0 Å². The molecule has 162 valence electrons. The third-order valence-electron chi connectivity index (χ3n) is 6.28. The zero-order valence-electron chi connectivity index (χ0n) is 16.9. The van der Waals surface area contributed by atoms with Crippen molar-refractivity contribution in [3.63, 3.8) is 0 Å². The van der Waals surface area contributed by atoms with Gasteiger partial charge >= 0.3 is 5.69 Å². The summed E-state index contributed by atoms with van der Waals surface area (Å²) in [5.41, 5.74) is 1.76. The minimum atomic E-state index is -0.546. The van der Waals surface area contributed by atoms with E-state index in [0.29, 0.717) is 11.2 Å². The number of fused-ring (bicyclic) bond motifs is 1. The van der Waals surface area contributed by atoms with Crippen LogP contribution in [0.3, 0.4) is 0 Å². The molecule has 8 nitrogen and oxygen atoms in total. The smallest absolute Gasteiger partial charge is 0.350 e. The average Bonchev–Trinajstić information content (AvgIpc) is 2.98. The number of carbonyl (C=O) groups is 1. The molecule has 0 radical (unpaired) electrons. The fraction of sp³-hybridized carbons (Fsp3) is 0.381. The van der Waals surface area contributed by atoms with Gasteiger partial charge in [-0.15, -0.1) is 5.10 Å². The Kier molecular flexibility index (Phi) is 4.75. The summed E-state index contributed by atoms with van der Waals surface area (Å²) in [5.74, 6) is -0.937. The molecule has 1 amide bonds. The summed E-state index contributed by atoms with van der Waals surface area (Å²) in [6.45, 7) is 4.27. The number of aromatic nitrogens is 3. The number of hydrogen-bond acceptors (Lipinski definition) is 5. The number of benzene rings is 1. The number of nitrogens with one attached hydrogen (secondary N) is 2. The fourth-order valence-corrected chi connectivity index (χ4v) is 4.44. The average molecular weight is 445 g/mol. The van der Waals surface area contributed by atoms with Gasteiger partial charge in [0.15, 0.2) is 5.65 Å². The molecule has 2 N–H and O–H groups in total. The Balaban J connectivity index is 1.36. The minimum Gasteiger partial charge on any atom is -0.360 e. The van der Waals surface area contributed by atoms with Crippen molar-refractivity contribution in [3.05, 3.63) is 63.4 Å². The minimum absolute atomic E-state index is 0.0241. The number of halogens is 2. The highest BCUT2D eigenvalue weighted by molar-refractivity contribution is 6.30. The van der Waals surface area contributed by atoms with Gasteiger partial charge in [0, 0.05) is 25.8 Å². The van der Waals surface area contributed by atoms with Crippen LogP contribution >= 0.6 is 11.6 Å². The monoisotopic (exact) mass is 444 g/mol. The van der Waals surface area contributed by atoms with E-state index in [2.05, 4.69) is 20.6 Å². The van der Waals surface area contributed by atoms with E-state index in [9.17, 15) is 14.0 Å². The highest BCUT2D eigenvalue weighted by Gasteiger charge is 2.50. The summed E-state index contributed by atoms with van der Waals surface area (Å²) < 4.78 is 16.3. The van der Waals surface area contributed by atoms with Gasteiger partial charge in [0.05, 0.1) is 22.3 Å². The molecule has 2 aromatic heterocycles. The van der Waals surface area contributed by atoms with Gasteiger partial charge in [-0.3, -0.25) is 4.79 Å². The van der Waals surface area contributed by atoms with Gasteiger partial charge < -0.3 is 15.5 Å². The van der Waals surface area contributed by atoms with E-state index in [1.54, 1.807) is 19.2 Å². The summed E-state index contributed by atoms with van der Waals surface area (Å²) in [4.78, 5) is 27.7. The largest absolute Gasteiger partial charge is 0.360 e. The number of nitrogens with zero attached hydrogens (tertiary/aromatic N) is 4. The fourth-order valence-electron chi connectivity index (χ4n) is 4.32. The van der Waals surface area contributed by atoms with Gasteiger partial charge in [-0.2, -0.15) is 0 Å². The van der Waals surface area contributed by atoms with Crippen LogP contribution < -0.4 is 21.2 Å². The number of hydrogen-bond donors (Lipinski definition) is 2. The topological polar surface area (TPSA) is 83.7 Å². The zero-order valence-corrected chi connectivity index (χ0v) is 17.7. The zero-order chi connectivity index (χ0) is 21.8. The first-order chi connectivity index (χ1) is 14.9. The number of pyridine rings is 1. The van der Waals surface area contributed by atoms with Crippen LogP contribution in [0.4, 0.5) is 10.1 Å². The number of amides is 1. The standard InChI is InChI=1S/C21H22ClFN6O2/c1-13(14-4-5-15(22)16(23)9-14)25-18(30)10-29-20(31)27-7-2-3-17(19(27)26-29)28-8-6-21(28)11-24-12-21/h2-5,7,9,13,24H,6,8,10-12H2,1H3,(H,25,30)/t13-/m0/s1. The summed E-state index contributed by atoms with van der Waals surface area (Å²) in [6.07, 6.45) is 2.77. The first-order valence-corrected chi connectivity index (χ1v) is 10.6. The maximum absolute atomic E-state index is 13.7. The molecular weight excluding hydrogens is 423 g/mol. The highest BCUT2D eigenvalue weighted by atomic mass is 35.5. The summed E-state index contributed by atoms with van der Waals surface area (Å²) in [6, 6.07) is 7.72. The van der Waals surface area contributed by atoms with Crippen molar-refractivity contribution < 1.29 is 9.18 Å². The van der Waals surface area contributed by atoms with Crippen molar-refractivity contribution >= 4 is 28.8 Å². The lowest BCUT2D eigenvalue weighted by Gasteiger charge is -2.59. The molecule has 4 heterocycles. The van der Waals surface area contributed by atoms with Crippen LogP contribution in [-0.4, -0.2) is 45.3 Å². The van der Waals surface area contributed by atoms with Crippen LogP contribution in [0.5, 0.6) is 0 Å². The molecule has 1 aromatic carbocycles. The molecule has 2 saturated heterocycles. The number of rotatable bonds is 5. The van der Waals surface area contributed by atoms with E-state index >= 15 is 0 Å². The van der Waals surface area contributed by atoms with Gasteiger partial charge in [0.2, 0.25) is 5.91 Å². The van der Waals surface area contributed by atoms with E-state index in [-0.39, 0.29) is 22.8 Å². The van der Waals surface area contributed by atoms with Crippen molar-refractivity contribution in [2.75, 3.05) is 24.5 Å². The molecule has 1 spiro atoms. The Bertz CT molecular complexity index is 1230.